The number of non-ortho nitro benzene ring substituents is 1. The van der Waals surface area contributed by atoms with Crippen molar-refractivity contribution >= 4 is 17.2 Å². The average molecular weight is 268 g/mol. The van der Waals surface area contributed by atoms with Gasteiger partial charge < -0.3 is 20.9 Å². The van der Waals surface area contributed by atoms with Gasteiger partial charge in [-0.15, -0.1) is 0 Å². The van der Waals surface area contributed by atoms with E-state index in [2.05, 4.69) is 5.16 Å². The maximum absolute atomic E-state index is 10.7. The zero-order chi connectivity index (χ0) is 14.4. The second-order valence-electron chi connectivity index (χ2n) is 3.75. The van der Waals surface area contributed by atoms with Crippen molar-refractivity contribution in [2.75, 3.05) is 24.6 Å². The lowest BCUT2D eigenvalue weighted by Gasteiger charge is -2.24. The molecule has 0 fully saturated rings. The molecule has 0 atom stereocenters. The lowest BCUT2D eigenvalue weighted by molar-refractivity contribution is -0.384. The van der Waals surface area contributed by atoms with Gasteiger partial charge in [0.25, 0.3) is 5.69 Å². The van der Waals surface area contributed by atoms with Gasteiger partial charge >= 0.3 is 0 Å². The van der Waals surface area contributed by atoms with Crippen molar-refractivity contribution < 1.29 is 15.2 Å². The normalized spacial score (nSPS) is 11.4. The van der Waals surface area contributed by atoms with E-state index in [9.17, 15) is 10.1 Å². The highest BCUT2D eigenvalue weighted by molar-refractivity contribution is 6.02. The second-order valence-corrected chi connectivity index (χ2v) is 3.75. The average Bonchev–Trinajstić information content (AvgIpc) is 2.43. The van der Waals surface area contributed by atoms with Crippen LogP contribution >= 0.6 is 0 Å². The fourth-order valence-corrected chi connectivity index (χ4v) is 1.74. The smallest absolute Gasteiger partial charge is 0.270 e. The molecule has 1 aromatic rings. The van der Waals surface area contributed by atoms with Gasteiger partial charge in [0.15, 0.2) is 5.84 Å². The first-order valence-electron chi connectivity index (χ1n) is 5.67. The number of rotatable bonds is 6. The van der Waals surface area contributed by atoms with Gasteiger partial charge in [-0.3, -0.25) is 10.1 Å². The molecule has 0 aliphatic carbocycles. The Balaban J connectivity index is 3.33. The molecule has 0 amide bonds. The van der Waals surface area contributed by atoms with Gasteiger partial charge in [0.1, 0.15) is 0 Å². The second kappa shape index (κ2) is 6.55. The third-order valence-electron chi connectivity index (χ3n) is 2.67. The van der Waals surface area contributed by atoms with Crippen LogP contribution in [-0.2, 0) is 0 Å². The van der Waals surface area contributed by atoms with Gasteiger partial charge in [0, 0.05) is 30.9 Å². The Morgan fingerprint density at radius 2 is 2.26 bits per heavy atom. The van der Waals surface area contributed by atoms with E-state index in [4.69, 9.17) is 16.0 Å². The van der Waals surface area contributed by atoms with Gasteiger partial charge in [-0.25, -0.2) is 0 Å². The molecule has 0 saturated carbocycles. The summed E-state index contributed by atoms with van der Waals surface area (Å²) in [6.45, 7) is 2.72. The molecule has 0 aliphatic rings. The van der Waals surface area contributed by atoms with Gasteiger partial charge in [-0.05, 0) is 13.0 Å². The Hall–Kier alpha value is -2.35. The zero-order valence-electron chi connectivity index (χ0n) is 10.5. The monoisotopic (exact) mass is 268 g/mol. The number of benzene rings is 1. The molecular formula is C11H16N4O4. The summed E-state index contributed by atoms with van der Waals surface area (Å²) in [5.74, 6) is -0.213. The van der Waals surface area contributed by atoms with Crippen molar-refractivity contribution in [1.82, 2.24) is 0 Å². The lowest BCUT2D eigenvalue weighted by Crippen LogP contribution is -2.29. The number of likely N-dealkylation sites (N-methyl/N-ethyl adjacent to an activating group) is 1. The first-order valence-corrected chi connectivity index (χ1v) is 5.67. The van der Waals surface area contributed by atoms with E-state index in [0.29, 0.717) is 18.8 Å². The molecule has 8 nitrogen and oxygen atoms in total. The number of amidine groups is 1. The highest BCUT2D eigenvalue weighted by atomic mass is 16.6. The minimum Gasteiger partial charge on any atom is -0.409 e. The Morgan fingerprint density at radius 1 is 1.58 bits per heavy atom. The van der Waals surface area contributed by atoms with Crippen LogP contribution in [0.15, 0.2) is 23.4 Å². The van der Waals surface area contributed by atoms with Crippen molar-refractivity contribution in [3.8, 4) is 0 Å². The van der Waals surface area contributed by atoms with Crippen LogP contribution in [-0.4, -0.2) is 40.8 Å². The number of oxime groups is 1. The van der Waals surface area contributed by atoms with E-state index >= 15 is 0 Å². The van der Waals surface area contributed by atoms with E-state index in [1.54, 1.807) is 4.90 Å². The number of anilines is 1. The van der Waals surface area contributed by atoms with Crippen molar-refractivity contribution in [1.29, 1.82) is 0 Å². The summed E-state index contributed by atoms with van der Waals surface area (Å²) in [4.78, 5) is 12.0. The Kier molecular flexibility index (Phi) is 5.07. The minimum atomic E-state index is -0.555. The van der Waals surface area contributed by atoms with E-state index < -0.39 is 4.92 Å². The summed E-state index contributed by atoms with van der Waals surface area (Å²) >= 11 is 0. The molecule has 0 saturated heterocycles. The van der Waals surface area contributed by atoms with Crippen LogP contribution in [0.4, 0.5) is 11.4 Å². The van der Waals surface area contributed by atoms with Crippen molar-refractivity contribution in [2.24, 2.45) is 10.9 Å². The minimum absolute atomic E-state index is 0.0690. The first kappa shape index (κ1) is 14.7. The summed E-state index contributed by atoms with van der Waals surface area (Å²) in [6, 6.07) is 4.10. The van der Waals surface area contributed by atoms with Crippen LogP contribution in [0.25, 0.3) is 0 Å². The predicted octanol–water partition coefficient (Wildman–Crippen LogP) is 0.508. The van der Waals surface area contributed by atoms with Gasteiger partial charge in [-0.2, -0.15) is 0 Å². The molecular weight excluding hydrogens is 252 g/mol. The van der Waals surface area contributed by atoms with Gasteiger partial charge in [0.05, 0.1) is 17.1 Å². The molecule has 0 heterocycles. The molecule has 0 aromatic heterocycles. The standard InChI is InChI=1S/C11H16N4O4/c1-2-14(5-6-16)10-4-3-8(15(18)19)7-9(10)11(12)13-17/h3-4,7,16-17H,2,5-6H2,1H3,(H2,12,13). The number of nitro groups is 1. The molecule has 0 bridgehead atoms. The maximum Gasteiger partial charge on any atom is 0.270 e. The molecule has 0 unspecified atom stereocenters. The molecule has 8 heteroatoms. The molecule has 1 aromatic carbocycles. The number of hydrogen-bond donors (Lipinski definition) is 3. The highest BCUT2D eigenvalue weighted by Gasteiger charge is 2.17. The molecule has 0 spiro atoms. The number of hydrogen-bond acceptors (Lipinski definition) is 6. The van der Waals surface area contributed by atoms with Crippen LogP contribution in [0, 0.1) is 10.1 Å². The largest absolute Gasteiger partial charge is 0.409 e. The van der Waals surface area contributed by atoms with Crippen LogP contribution < -0.4 is 10.6 Å². The third kappa shape index (κ3) is 3.32. The molecule has 4 N–H and O–H groups in total. The Labute approximate surface area is 109 Å². The number of nitrogens with zero attached hydrogens (tertiary/aromatic N) is 3. The topological polar surface area (TPSA) is 125 Å². The molecule has 104 valence electrons. The summed E-state index contributed by atoms with van der Waals surface area (Å²) in [5, 5.41) is 31.4. The van der Waals surface area contributed by atoms with Crippen molar-refractivity contribution in [2.45, 2.75) is 6.92 Å². The van der Waals surface area contributed by atoms with E-state index in [1.165, 1.54) is 18.2 Å². The van der Waals surface area contributed by atoms with Gasteiger partial charge in [-0.1, -0.05) is 5.16 Å². The fourth-order valence-electron chi connectivity index (χ4n) is 1.74. The van der Waals surface area contributed by atoms with Crippen molar-refractivity contribution in [3.63, 3.8) is 0 Å². The van der Waals surface area contributed by atoms with Crippen LogP contribution in [0.5, 0.6) is 0 Å². The van der Waals surface area contributed by atoms with Gasteiger partial charge in [0.2, 0.25) is 0 Å². The number of nitrogens with two attached hydrogens (primary N) is 1. The predicted molar refractivity (Wildman–Crippen MR) is 70.6 cm³/mol. The third-order valence-corrected chi connectivity index (χ3v) is 2.67. The fraction of sp³-hybridized carbons (Fsp3) is 0.364. The summed E-state index contributed by atoms with van der Waals surface area (Å²) < 4.78 is 0. The number of nitro benzene ring substituents is 1. The molecule has 0 radical (unpaired) electrons. The quantitative estimate of drug-likeness (QED) is 0.227. The summed E-state index contributed by atoms with van der Waals surface area (Å²) in [7, 11) is 0. The Bertz CT molecular complexity index is 490. The highest BCUT2D eigenvalue weighted by Crippen LogP contribution is 2.25. The molecule has 19 heavy (non-hydrogen) atoms. The van der Waals surface area contributed by atoms with E-state index in [1.807, 2.05) is 6.92 Å². The molecule has 1 rings (SSSR count). The van der Waals surface area contributed by atoms with Crippen molar-refractivity contribution in [3.05, 3.63) is 33.9 Å². The van der Waals surface area contributed by atoms with E-state index in [0.717, 1.165) is 0 Å². The molecule has 0 aliphatic heterocycles. The SMILES string of the molecule is CCN(CCO)c1ccc([N+](=O)[O-])cc1C(N)=NO. The zero-order valence-corrected chi connectivity index (χ0v) is 10.5. The van der Waals surface area contributed by atoms with Crippen LogP contribution in [0.1, 0.15) is 12.5 Å². The Morgan fingerprint density at radius 3 is 2.74 bits per heavy atom. The lowest BCUT2D eigenvalue weighted by atomic mass is 10.1. The number of aliphatic hydroxyl groups excluding tert-OH is 1. The van der Waals surface area contributed by atoms with E-state index in [-0.39, 0.29) is 23.7 Å². The van der Waals surface area contributed by atoms with Crippen LogP contribution in [0.3, 0.4) is 0 Å². The van der Waals surface area contributed by atoms with Crippen LogP contribution in [0.2, 0.25) is 0 Å². The first-order chi connectivity index (χ1) is 9.04. The summed E-state index contributed by atoms with van der Waals surface area (Å²) in [5.41, 5.74) is 6.22. The maximum atomic E-state index is 10.7. The number of aliphatic hydroxyl groups is 1. The summed E-state index contributed by atoms with van der Waals surface area (Å²) in [6.07, 6.45) is 0.